The Balaban J connectivity index is 1.54. The van der Waals surface area contributed by atoms with Crippen LogP contribution in [0.3, 0.4) is 0 Å². The van der Waals surface area contributed by atoms with Crippen molar-refractivity contribution in [2.24, 2.45) is 0 Å². The molecule has 10 heteroatoms. The summed E-state index contributed by atoms with van der Waals surface area (Å²) in [5, 5.41) is 0. The first kappa shape index (κ1) is 33.6. The summed E-state index contributed by atoms with van der Waals surface area (Å²) in [6, 6.07) is 33.8. The summed E-state index contributed by atoms with van der Waals surface area (Å²) < 4.78 is 47.8. The number of ketones is 2. The monoisotopic (exact) mass is 696 g/mol. The van der Waals surface area contributed by atoms with Crippen molar-refractivity contribution >= 4 is 11.6 Å². The third kappa shape index (κ3) is 6.52. The maximum absolute atomic E-state index is 14.6. The first-order valence-electron chi connectivity index (χ1n) is 16.1. The molecule has 1 aliphatic carbocycles. The highest BCUT2D eigenvalue weighted by atomic mass is 16.6. The Morgan fingerprint density at radius 1 is 0.308 bits per heavy atom. The Bertz CT molecular complexity index is 2080. The van der Waals surface area contributed by atoms with Crippen molar-refractivity contribution in [2.75, 3.05) is 28.4 Å². The summed E-state index contributed by atoms with van der Waals surface area (Å²) >= 11 is 0. The molecular weight excluding hydrogens is 664 g/mol. The fraction of sp³-hybridized carbons (Fsp3) is 0.0952. The maximum atomic E-state index is 14.6. The van der Waals surface area contributed by atoms with Gasteiger partial charge < -0.3 is 37.9 Å². The van der Waals surface area contributed by atoms with Gasteiger partial charge in [0.2, 0.25) is 11.5 Å². The number of hydrogen-bond donors (Lipinski definition) is 0. The van der Waals surface area contributed by atoms with Crippen LogP contribution >= 0.6 is 0 Å². The topological polar surface area (TPSA) is 108 Å². The number of carbonyl (C=O) groups is 2. The van der Waals surface area contributed by atoms with E-state index < -0.39 is 11.6 Å². The maximum Gasteiger partial charge on any atom is 0.217 e. The number of carbonyl (C=O) groups excluding carboxylic acids is 2. The van der Waals surface area contributed by atoms with E-state index in [2.05, 4.69) is 0 Å². The van der Waals surface area contributed by atoms with Crippen molar-refractivity contribution in [3.05, 3.63) is 144 Å². The molecule has 1 aliphatic rings. The van der Waals surface area contributed by atoms with Crippen LogP contribution < -0.4 is 37.9 Å². The van der Waals surface area contributed by atoms with Gasteiger partial charge in [-0.15, -0.1) is 0 Å². The van der Waals surface area contributed by atoms with Gasteiger partial charge in [-0.3, -0.25) is 9.59 Å². The van der Waals surface area contributed by atoms with Gasteiger partial charge >= 0.3 is 0 Å². The molecule has 0 spiro atoms. The molecule has 6 aromatic carbocycles. The van der Waals surface area contributed by atoms with Crippen molar-refractivity contribution in [2.45, 2.75) is 0 Å². The average Bonchev–Trinajstić information content (AvgIpc) is 3.20. The highest BCUT2D eigenvalue weighted by molar-refractivity contribution is 6.31. The molecule has 7 rings (SSSR count). The van der Waals surface area contributed by atoms with E-state index in [0.29, 0.717) is 46.0 Å². The van der Waals surface area contributed by atoms with Gasteiger partial charge in [-0.1, -0.05) is 24.3 Å². The molecule has 0 aliphatic heterocycles. The molecule has 0 saturated carbocycles. The first-order chi connectivity index (χ1) is 25.4. The van der Waals surface area contributed by atoms with Crippen LogP contribution in [0.25, 0.3) is 0 Å². The van der Waals surface area contributed by atoms with E-state index in [-0.39, 0.29) is 45.3 Å². The van der Waals surface area contributed by atoms with Gasteiger partial charge in [-0.2, -0.15) is 0 Å². The smallest absolute Gasteiger partial charge is 0.217 e. The number of ether oxygens (including phenoxy) is 8. The van der Waals surface area contributed by atoms with Gasteiger partial charge in [-0.05, 0) is 97.1 Å². The van der Waals surface area contributed by atoms with Crippen molar-refractivity contribution in [3.8, 4) is 69.0 Å². The second-order valence-electron chi connectivity index (χ2n) is 11.4. The molecule has 10 nitrogen and oxygen atoms in total. The molecule has 0 fully saturated rings. The van der Waals surface area contributed by atoms with Crippen molar-refractivity contribution in [1.82, 2.24) is 0 Å². The van der Waals surface area contributed by atoms with E-state index in [1.165, 1.54) is 0 Å². The highest BCUT2D eigenvalue weighted by Crippen LogP contribution is 2.57. The van der Waals surface area contributed by atoms with Crippen molar-refractivity contribution in [1.29, 1.82) is 0 Å². The van der Waals surface area contributed by atoms with E-state index in [1.807, 2.05) is 0 Å². The van der Waals surface area contributed by atoms with Crippen molar-refractivity contribution < 1.29 is 47.5 Å². The lowest BCUT2D eigenvalue weighted by molar-refractivity contribution is 0.0974. The number of fused-ring (bicyclic) bond motifs is 2. The lowest BCUT2D eigenvalue weighted by atomic mass is 9.82. The molecule has 0 amide bonds. The lowest BCUT2D eigenvalue weighted by Crippen LogP contribution is -2.23. The molecule has 260 valence electrons. The summed E-state index contributed by atoms with van der Waals surface area (Å²) in [5.41, 5.74) is 0.283. The van der Waals surface area contributed by atoms with Crippen LogP contribution in [0, 0.1) is 0 Å². The fourth-order valence-electron chi connectivity index (χ4n) is 5.67. The summed E-state index contributed by atoms with van der Waals surface area (Å²) in [6.07, 6.45) is 0. The zero-order chi connectivity index (χ0) is 36.2. The van der Waals surface area contributed by atoms with E-state index in [9.17, 15) is 9.59 Å². The average molecular weight is 697 g/mol. The SMILES string of the molecule is COc1ccc(Oc2c(Oc3ccc(OC)cc3)c(Oc3ccc(OC)cc3)c3c(c2Oc2ccc(OC)cc2)C(=O)c2ccccc2C3=O)cc1. The Morgan fingerprint density at radius 3 is 0.788 bits per heavy atom. The van der Waals surface area contributed by atoms with Gasteiger partial charge in [0, 0.05) is 11.1 Å². The van der Waals surface area contributed by atoms with Gasteiger partial charge in [-0.25, -0.2) is 0 Å². The van der Waals surface area contributed by atoms with Gasteiger partial charge in [0.15, 0.2) is 23.1 Å². The van der Waals surface area contributed by atoms with Crippen LogP contribution in [0.4, 0.5) is 0 Å². The molecule has 6 aromatic rings. The first-order valence-corrected chi connectivity index (χ1v) is 16.1. The number of rotatable bonds is 12. The standard InChI is InChI=1S/C42H32O10/c1-45-25-9-17-29(18-10-25)49-39-35-36(38(44)34-8-6-5-7-33(34)37(35)43)40(50-30-19-11-26(46-2)12-20-30)42(52-32-23-15-28(48-4)16-24-32)41(39)51-31-21-13-27(47-3)14-22-31/h5-24H,1-4H3. The molecule has 0 saturated heterocycles. The van der Waals surface area contributed by atoms with E-state index >= 15 is 0 Å². The molecular formula is C42H32O10. The normalized spacial score (nSPS) is 11.5. The summed E-state index contributed by atoms with van der Waals surface area (Å²) in [4.78, 5) is 29.3. The van der Waals surface area contributed by atoms with Crippen molar-refractivity contribution in [3.63, 3.8) is 0 Å². The molecule has 0 N–H and O–H groups in total. The van der Waals surface area contributed by atoms with Crippen LogP contribution in [0.1, 0.15) is 31.8 Å². The Labute approximate surface area is 299 Å². The molecule has 0 atom stereocenters. The van der Waals surface area contributed by atoms with Gasteiger partial charge in [0.25, 0.3) is 0 Å². The minimum Gasteiger partial charge on any atom is -0.497 e. The van der Waals surface area contributed by atoms with E-state index in [4.69, 9.17) is 37.9 Å². The second-order valence-corrected chi connectivity index (χ2v) is 11.4. The zero-order valence-corrected chi connectivity index (χ0v) is 28.6. The summed E-state index contributed by atoms with van der Waals surface area (Å²) in [5.74, 6) is 2.64. The predicted molar refractivity (Wildman–Crippen MR) is 192 cm³/mol. The third-order valence-corrected chi connectivity index (χ3v) is 8.31. The summed E-state index contributed by atoms with van der Waals surface area (Å²) in [6.45, 7) is 0. The quantitative estimate of drug-likeness (QED) is 0.123. The second kappa shape index (κ2) is 14.5. The fourth-order valence-corrected chi connectivity index (χ4v) is 5.67. The summed E-state index contributed by atoms with van der Waals surface area (Å²) in [7, 11) is 6.23. The highest BCUT2D eigenvalue weighted by Gasteiger charge is 2.41. The number of hydrogen-bond acceptors (Lipinski definition) is 10. The van der Waals surface area contributed by atoms with E-state index in [0.717, 1.165) is 0 Å². The molecule has 0 radical (unpaired) electrons. The number of benzene rings is 6. The molecule has 0 heterocycles. The minimum absolute atomic E-state index is 0.0282. The Morgan fingerprint density at radius 2 is 0.538 bits per heavy atom. The number of methoxy groups -OCH3 is 4. The van der Waals surface area contributed by atoms with Gasteiger partial charge in [0.1, 0.15) is 46.0 Å². The Hall–Kier alpha value is -6.94. The molecule has 0 unspecified atom stereocenters. The molecule has 0 aromatic heterocycles. The van der Waals surface area contributed by atoms with Gasteiger partial charge in [0.05, 0.1) is 39.6 Å². The van der Waals surface area contributed by atoms with Crippen LogP contribution in [0.5, 0.6) is 69.0 Å². The van der Waals surface area contributed by atoms with Crippen LogP contribution in [-0.2, 0) is 0 Å². The van der Waals surface area contributed by atoms with E-state index in [1.54, 1.807) is 150 Å². The largest absolute Gasteiger partial charge is 0.497 e. The predicted octanol–water partition coefficient (Wildman–Crippen LogP) is 9.67. The third-order valence-electron chi connectivity index (χ3n) is 8.31. The van der Waals surface area contributed by atoms with Crippen LogP contribution in [-0.4, -0.2) is 40.0 Å². The molecule has 0 bridgehead atoms. The van der Waals surface area contributed by atoms with Crippen LogP contribution in [0.2, 0.25) is 0 Å². The molecule has 52 heavy (non-hydrogen) atoms. The Kier molecular flexibility index (Phi) is 9.36. The minimum atomic E-state index is -0.469. The zero-order valence-electron chi connectivity index (χ0n) is 28.6. The lowest BCUT2D eigenvalue weighted by Gasteiger charge is -2.27. The van der Waals surface area contributed by atoms with Crippen LogP contribution in [0.15, 0.2) is 121 Å².